The van der Waals surface area contributed by atoms with Crippen LogP contribution in [0.3, 0.4) is 0 Å². The first-order valence-electron chi connectivity index (χ1n) is 5.52. The van der Waals surface area contributed by atoms with Crippen LogP contribution < -0.4 is 10.6 Å². The zero-order valence-electron chi connectivity index (χ0n) is 10.3. The molecule has 1 fully saturated rings. The monoisotopic (exact) mass is 228 g/mol. The van der Waals surface area contributed by atoms with Crippen molar-refractivity contribution in [3.63, 3.8) is 0 Å². The summed E-state index contributed by atoms with van der Waals surface area (Å²) in [6.07, 6.45) is 0.810. The lowest BCUT2D eigenvalue weighted by Crippen LogP contribution is -2.53. The van der Waals surface area contributed by atoms with Crippen LogP contribution in [0, 0.1) is 5.92 Å². The van der Waals surface area contributed by atoms with Crippen LogP contribution >= 0.6 is 0 Å². The second-order valence-corrected chi connectivity index (χ2v) is 4.74. The molecule has 0 spiro atoms. The normalized spacial score (nSPS) is 25.2. The third-order valence-electron chi connectivity index (χ3n) is 2.99. The van der Waals surface area contributed by atoms with E-state index in [2.05, 4.69) is 15.4 Å². The summed E-state index contributed by atoms with van der Waals surface area (Å²) in [5, 5.41) is 5.93. The zero-order valence-corrected chi connectivity index (χ0v) is 10.3. The average Bonchev–Trinajstić information content (AvgIpc) is 2.62. The first kappa shape index (κ1) is 13.0. The van der Waals surface area contributed by atoms with Gasteiger partial charge in [0.05, 0.1) is 13.0 Å². The number of hydrogen-bond acceptors (Lipinski definition) is 4. The molecule has 0 saturated carbocycles. The van der Waals surface area contributed by atoms with Crippen molar-refractivity contribution >= 4 is 11.9 Å². The van der Waals surface area contributed by atoms with E-state index < -0.39 is 11.5 Å². The number of methoxy groups -OCH3 is 1. The molecular formula is C11H20N2O3. The van der Waals surface area contributed by atoms with Gasteiger partial charge in [-0.1, -0.05) is 0 Å². The maximum absolute atomic E-state index is 11.9. The Kier molecular flexibility index (Phi) is 3.91. The lowest BCUT2D eigenvalue weighted by Gasteiger charge is -2.25. The number of carbonyl (C=O) groups excluding carboxylic acids is 2. The summed E-state index contributed by atoms with van der Waals surface area (Å²) in [5.41, 5.74) is -0.964. The summed E-state index contributed by atoms with van der Waals surface area (Å²) in [6, 6.07) is 0.161. The van der Waals surface area contributed by atoms with Gasteiger partial charge in [0.25, 0.3) is 0 Å². The highest BCUT2D eigenvalue weighted by Gasteiger charge is 2.36. The van der Waals surface area contributed by atoms with Crippen molar-refractivity contribution in [1.29, 1.82) is 0 Å². The van der Waals surface area contributed by atoms with Gasteiger partial charge in [0, 0.05) is 6.04 Å². The Balaban J connectivity index is 2.60. The smallest absolute Gasteiger partial charge is 0.330 e. The minimum atomic E-state index is -0.964. The highest BCUT2D eigenvalue weighted by molar-refractivity contribution is 5.88. The predicted molar refractivity (Wildman–Crippen MR) is 59.8 cm³/mol. The first-order valence-corrected chi connectivity index (χ1v) is 5.52. The zero-order chi connectivity index (χ0) is 12.3. The van der Waals surface area contributed by atoms with Crippen LogP contribution in [0.5, 0.6) is 0 Å². The minimum Gasteiger partial charge on any atom is -0.467 e. The Morgan fingerprint density at radius 1 is 1.44 bits per heavy atom. The predicted octanol–water partition coefficient (Wildman–Crippen LogP) is 0.0522. The fourth-order valence-corrected chi connectivity index (χ4v) is 1.92. The van der Waals surface area contributed by atoms with Crippen LogP contribution in [0.4, 0.5) is 0 Å². The van der Waals surface area contributed by atoms with Gasteiger partial charge in [0.2, 0.25) is 5.91 Å². The van der Waals surface area contributed by atoms with Crippen LogP contribution in [0.25, 0.3) is 0 Å². The Morgan fingerprint density at radius 3 is 2.50 bits per heavy atom. The second-order valence-electron chi connectivity index (χ2n) is 4.74. The number of ether oxygens (including phenoxy) is 1. The molecule has 1 saturated heterocycles. The number of esters is 1. The van der Waals surface area contributed by atoms with Gasteiger partial charge in [-0.2, -0.15) is 0 Å². The van der Waals surface area contributed by atoms with Crippen LogP contribution in [-0.2, 0) is 14.3 Å². The molecule has 0 bridgehead atoms. The van der Waals surface area contributed by atoms with Crippen molar-refractivity contribution in [2.75, 3.05) is 13.7 Å². The molecule has 0 radical (unpaired) electrons. The summed E-state index contributed by atoms with van der Waals surface area (Å²) in [7, 11) is 1.32. The van der Waals surface area contributed by atoms with Gasteiger partial charge in [-0.15, -0.1) is 0 Å². The molecule has 1 amide bonds. The molecule has 0 aliphatic carbocycles. The van der Waals surface area contributed by atoms with E-state index in [1.54, 1.807) is 13.8 Å². The molecule has 1 aliphatic heterocycles. The van der Waals surface area contributed by atoms with E-state index in [0.29, 0.717) is 0 Å². The van der Waals surface area contributed by atoms with E-state index in [1.165, 1.54) is 7.11 Å². The van der Waals surface area contributed by atoms with Crippen molar-refractivity contribution < 1.29 is 14.3 Å². The van der Waals surface area contributed by atoms with E-state index in [9.17, 15) is 9.59 Å². The van der Waals surface area contributed by atoms with E-state index >= 15 is 0 Å². The van der Waals surface area contributed by atoms with Gasteiger partial charge in [0.1, 0.15) is 5.54 Å². The number of amides is 1. The minimum absolute atomic E-state index is 0.0658. The number of carbonyl (C=O) groups is 2. The molecule has 0 aromatic heterocycles. The molecule has 2 atom stereocenters. The first-order chi connectivity index (χ1) is 7.38. The van der Waals surface area contributed by atoms with Crippen LogP contribution in [0.15, 0.2) is 0 Å². The summed E-state index contributed by atoms with van der Waals surface area (Å²) >= 11 is 0. The van der Waals surface area contributed by atoms with Gasteiger partial charge < -0.3 is 15.4 Å². The summed E-state index contributed by atoms with van der Waals surface area (Å²) < 4.78 is 4.64. The summed E-state index contributed by atoms with van der Waals surface area (Å²) in [5.74, 6) is -0.587. The average molecular weight is 228 g/mol. The Morgan fingerprint density at radius 2 is 2.06 bits per heavy atom. The summed E-state index contributed by atoms with van der Waals surface area (Å²) in [6.45, 7) is 6.11. The molecule has 0 aromatic rings. The molecule has 1 heterocycles. The standard InChI is InChI=1S/C11H20N2O3/c1-7-8(5-6-12-7)9(14)13-11(2,3)10(15)16-4/h7-8,12H,5-6H2,1-4H3,(H,13,14). The second kappa shape index (κ2) is 4.82. The van der Waals surface area contributed by atoms with Gasteiger partial charge in [0.15, 0.2) is 0 Å². The van der Waals surface area contributed by atoms with Gasteiger partial charge in [-0.25, -0.2) is 4.79 Å². The van der Waals surface area contributed by atoms with Crippen LogP contribution in [-0.4, -0.2) is 37.1 Å². The highest BCUT2D eigenvalue weighted by Crippen LogP contribution is 2.17. The lowest BCUT2D eigenvalue weighted by atomic mass is 9.98. The van der Waals surface area contributed by atoms with Crippen molar-refractivity contribution in [2.45, 2.75) is 38.8 Å². The maximum Gasteiger partial charge on any atom is 0.330 e. The Labute approximate surface area is 95.9 Å². The molecule has 5 nitrogen and oxygen atoms in total. The highest BCUT2D eigenvalue weighted by atomic mass is 16.5. The third kappa shape index (κ3) is 2.72. The molecule has 92 valence electrons. The molecule has 5 heteroatoms. The quantitative estimate of drug-likeness (QED) is 0.670. The van der Waals surface area contributed by atoms with Crippen LogP contribution in [0.1, 0.15) is 27.2 Å². The van der Waals surface area contributed by atoms with Gasteiger partial charge in [-0.05, 0) is 33.7 Å². The molecule has 2 unspecified atom stereocenters. The van der Waals surface area contributed by atoms with Gasteiger partial charge >= 0.3 is 5.97 Å². The number of nitrogens with one attached hydrogen (secondary N) is 2. The molecule has 16 heavy (non-hydrogen) atoms. The lowest BCUT2D eigenvalue weighted by molar-refractivity contribution is -0.150. The van der Waals surface area contributed by atoms with Crippen molar-refractivity contribution in [3.8, 4) is 0 Å². The summed E-state index contributed by atoms with van der Waals surface area (Å²) in [4.78, 5) is 23.3. The SMILES string of the molecule is COC(=O)C(C)(C)NC(=O)C1CCNC1C. The van der Waals surface area contributed by atoms with E-state index in [1.807, 2.05) is 6.92 Å². The van der Waals surface area contributed by atoms with E-state index in [-0.39, 0.29) is 17.9 Å². The largest absolute Gasteiger partial charge is 0.467 e. The van der Waals surface area contributed by atoms with Gasteiger partial charge in [-0.3, -0.25) is 4.79 Å². The van der Waals surface area contributed by atoms with Crippen LogP contribution in [0.2, 0.25) is 0 Å². The fourth-order valence-electron chi connectivity index (χ4n) is 1.92. The third-order valence-corrected chi connectivity index (χ3v) is 2.99. The van der Waals surface area contributed by atoms with Crippen molar-refractivity contribution in [1.82, 2.24) is 10.6 Å². The fraction of sp³-hybridized carbons (Fsp3) is 0.818. The maximum atomic E-state index is 11.9. The van der Waals surface area contributed by atoms with Crippen molar-refractivity contribution in [2.24, 2.45) is 5.92 Å². The Hall–Kier alpha value is -1.10. The molecule has 1 aliphatic rings. The topological polar surface area (TPSA) is 67.4 Å². The van der Waals surface area contributed by atoms with E-state index in [0.717, 1.165) is 13.0 Å². The molecular weight excluding hydrogens is 208 g/mol. The van der Waals surface area contributed by atoms with E-state index in [4.69, 9.17) is 0 Å². The number of rotatable bonds is 3. The number of hydrogen-bond donors (Lipinski definition) is 2. The molecule has 0 aromatic carbocycles. The van der Waals surface area contributed by atoms with Crippen molar-refractivity contribution in [3.05, 3.63) is 0 Å². The molecule has 2 N–H and O–H groups in total. The molecule has 1 rings (SSSR count). The Bertz CT molecular complexity index is 289.